The first-order valence-electron chi connectivity index (χ1n) is 4.60. The third kappa shape index (κ3) is 8.66. The largest absolute Gasteiger partial charge is 0.356 e. The molecule has 0 saturated carbocycles. The zero-order chi connectivity index (χ0) is 10.3. The van der Waals surface area contributed by atoms with E-state index < -0.39 is 0 Å². The molecule has 3 N–H and O–H groups in total. The Morgan fingerprint density at radius 1 is 1.50 bits per heavy atom. The van der Waals surface area contributed by atoms with Crippen molar-refractivity contribution in [3.63, 3.8) is 0 Å². The van der Waals surface area contributed by atoms with Crippen molar-refractivity contribution in [3.05, 3.63) is 0 Å². The molecule has 0 saturated heterocycles. The summed E-state index contributed by atoms with van der Waals surface area (Å²) in [5.41, 5.74) is 5.56. The Kier molecular flexibility index (Phi) is 11.3. The average molecular weight is 241 g/mol. The molecule has 2 atom stereocenters. The van der Waals surface area contributed by atoms with Crippen LogP contribution in [0.1, 0.15) is 20.3 Å². The van der Waals surface area contributed by atoms with Gasteiger partial charge in [0.15, 0.2) is 0 Å². The highest BCUT2D eigenvalue weighted by atomic mass is 35.5. The summed E-state index contributed by atoms with van der Waals surface area (Å²) >= 11 is 1.69. The molecule has 0 aromatic carbocycles. The van der Waals surface area contributed by atoms with Crippen LogP contribution in [0, 0.1) is 5.92 Å². The molecular weight excluding hydrogens is 220 g/mol. The van der Waals surface area contributed by atoms with E-state index in [2.05, 4.69) is 5.32 Å². The summed E-state index contributed by atoms with van der Waals surface area (Å²) in [6.45, 7) is 4.57. The quantitative estimate of drug-likeness (QED) is 0.735. The highest BCUT2D eigenvalue weighted by Gasteiger charge is 2.10. The van der Waals surface area contributed by atoms with Crippen LogP contribution >= 0.6 is 24.2 Å². The van der Waals surface area contributed by atoms with Gasteiger partial charge in [-0.2, -0.15) is 11.8 Å². The highest BCUT2D eigenvalue weighted by Crippen LogP contribution is 2.03. The van der Waals surface area contributed by atoms with E-state index in [-0.39, 0.29) is 30.3 Å². The fourth-order valence-corrected chi connectivity index (χ4v) is 1.57. The third-order valence-corrected chi connectivity index (χ3v) is 2.60. The Morgan fingerprint density at radius 3 is 2.50 bits per heavy atom. The number of hydrogen-bond donors (Lipinski definition) is 2. The lowest BCUT2D eigenvalue weighted by atomic mass is 10.2. The fraction of sp³-hybridized carbons (Fsp3) is 0.889. The standard InChI is InChI=1S/C9H20N2OS.ClH/c1-7(6-13-3)9(12)11-5-4-8(2)10;/h7-8H,4-6,10H2,1-3H3,(H,11,12);1H. The lowest BCUT2D eigenvalue weighted by Gasteiger charge is -2.11. The van der Waals surface area contributed by atoms with Crippen molar-refractivity contribution in [2.45, 2.75) is 26.3 Å². The van der Waals surface area contributed by atoms with Gasteiger partial charge >= 0.3 is 0 Å². The van der Waals surface area contributed by atoms with E-state index in [0.717, 1.165) is 12.2 Å². The zero-order valence-corrected chi connectivity index (χ0v) is 10.7. The van der Waals surface area contributed by atoms with Gasteiger partial charge in [-0.05, 0) is 19.6 Å². The van der Waals surface area contributed by atoms with Crippen molar-refractivity contribution in [1.82, 2.24) is 5.32 Å². The minimum Gasteiger partial charge on any atom is -0.356 e. The molecule has 0 aliphatic heterocycles. The van der Waals surface area contributed by atoms with Gasteiger partial charge in [0.25, 0.3) is 0 Å². The zero-order valence-electron chi connectivity index (χ0n) is 9.08. The van der Waals surface area contributed by atoms with Crippen molar-refractivity contribution in [1.29, 1.82) is 0 Å². The molecular formula is C9H21ClN2OS. The van der Waals surface area contributed by atoms with E-state index in [0.29, 0.717) is 6.54 Å². The predicted octanol–water partition coefficient (Wildman–Crippen LogP) is 1.26. The smallest absolute Gasteiger partial charge is 0.223 e. The number of hydrogen-bond acceptors (Lipinski definition) is 3. The number of nitrogens with one attached hydrogen (secondary N) is 1. The van der Waals surface area contributed by atoms with Gasteiger partial charge in [-0.25, -0.2) is 0 Å². The monoisotopic (exact) mass is 240 g/mol. The van der Waals surface area contributed by atoms with Gasteiger partial charge in [0, 0.05) is 24.3 Å². The number of halogens is 1. The van der Waals surface area contributed by atoms with E-state index in [1.165, 1.54) is 0 Å². The maximum atomic E-state index is 11.3. The Morgan fingerprint density at radius 2 is 2.07 bits per heavy atom. The molecule has 0 aliphatic rings. The van der Waals surface area contributed by atoms with Crippen molar-refractivity contribution in [2.75, 3.05) is 18.6 Å². The molecule has 0 bridgehead atoms. The highest BCUT2D eigenvalue weighted by molar-refractivity contribution is 7.98. The molecule has 0 fully saturated rings. The second kappa shape index (κ2) is 9.62. The summed E-state index contributed by atoms with van der Waals surface area (Å²) < 4.78 is 0. The Bertz CT molecular complexity index is 156. The SMILES string of the molecule is CSCC(C)C(=O)NCCC(C)N.Cl. The van der Waals surface area contributed by atoms with Crippen LogP contribution in [0.4, 0.5) is 0 Å². The van der Waals surface area contributed by atoms with Crippen LogP contribution in [0.25, 0.3) is 0 Å². The predicted molar refractivity (Wildman–Crippen MR) is 66.1 cm³/mol. The Hall–Kier alpha value is 0.0700. The topological polar surface area (TPSA) is 55.1 Å². The average Bonchev–Trinajstić information content (AvgIpc) is 2.04. The van der Waals surface area contributed by atoms with E-state index in [1.54, 1.807) is 11.8 Å². The molecule has 0 heterocycles. The maximum absolute atomic E-state index is 11.3. The van der Waals surface area contributed by atoms with Gasteiger partial charge in [0.1, 0.15) is 0 Å². The first-order chi connectivity index (χ1) is 6.07. The van der Waals surface area contributed by atoms with Crippen LogP contribution in [-0.4, -0.2) is 30.5 Å². The number of amides is 1. The van der Waals surface area contributed by atoms with Crippen LogP contribution in [0.5, 0.6) is 0 Å². The van der Waals surface area contributed by atoms with Crippen molar-refractivity contribution >= 4 is 30.1 Å². The number of carbonyl (C=O) groups is 1. The van der Waals surface area contributed by atoms with Gasteiger partial charge < -0.3 is 11.1 Å². The first kappa shape index (κ1) is 16.5. The van der Waals surface area contributed by atoms with E-state index in [9.17, 15) is 4.79 Å². The molecule has 0 aromatic rings. The second-order valence-corrected chi connectivity index (χ2v) is 4.32. The number of rotatable bonds is 6. The summed E-state index contributed by atoms with van der Waals surface area (Å²) in [6.07, 6.45) is 2.85. The van der Waals surface area contributed by atoms with Gasteiger partial charge in [0.05, 0.1) is 0 Å². The van der Waals surface area contributed by atoms with Gasteiger partial charge in [-0.3, -0.25) is 4.79 Å². The Balaban J connectivity index is 0. The fourth-order valence-electron chi connectivity index (χ4n) is 0.923. The van der Waals surface area contributed by atoms with E-state index >= 15 is 0 Å². The lowest BCUT2D eigenvalue weighted by Crippen LogP contribution is -2.33. The molecule has 2 unspecified atom stereocenters. The number of carbonyl (C=O) groups excluding carboxylic acids is 1. The minimum absolute atomic E-state index is 0. The van der Waals surface area contributed by atoms with Crippen molar-refractivity contribution in [3.8, 4) is 0 Å². The molecule has 3 nitrogen and oxygen atoms in total. The summed E-state index contributed by atoms with van der Waals surface area (Å²) in [5, 5.41) is 2.87. The summed E-state index contributed by atoms with van der Waals surface area (Å²) in [5.74, 6) is 1.11. The summed E-state index contributed by atoms with van der Waals surface area (Å²) in [4.78, 5) is 11.3. The van der Waals surface area contributed by atoms with Crippen LogP contribution in [-0.2, 0) is 4.79 Å². The molecule has 5 heteroatoms. The van der Waals surface area contributed by atoms with Crippen LogP contribution in [0.2, 0.25) is 0 Å². The van der Waals surface area contributed by atoms with Crippen LogP contribution < -0.4 is 11.1 Å². The number of nitrogens with two attached hydrogens (primary N) is 1. The second-order valence-electron chi connectivity index (χ2n) is 3.41. The van der Waals surface area contributed by atoms with Crippen molar-refractivity contribution in [2.24, 2.45) is 11.7 Å². The van der Waals surface area contributed by atoms with E-state index in [1.807, 2.05) is 20.1 Å². The van der Waals surface area contributed by atoms with E-state index in [4.69, 9.17) is 5.73 Å². The van der Waals surface area contributed by atoms with Gasteiger partial charge in [0.2, 0.25) is 5.91 Å². The summed E-state index contributed by atoms with van der Waals surface area (Å²) in [6, 6.07) is 0.163. The molecule has 86 valence electrons. The lowest BCUT2D eigenvalue weighted by molar-refractivity contribution is -0.123. The van der Waals surface area contributed by atoms with Crippen molar-refractivity contribution < 1.29 is 4.79 Å². The third-order valence-electron chi connectivity index (χ3n) is 1.76. The molecule has 1 amide bonds. The molecule has 0 radical (unpaired) electrons. The molecule has 0 aromatic heterocycles. The van der Waals surface area contributed by atoms with Crippen LogP contribution in [0.3, 0.4) is 0 Å². The van der Waals surface area contributed by atoms with Crippen LogP contribution in [0.15, 0.2) is 0 Å². The minimum atomic E-state index is 0. The molecule has 0 aliphatic carbocycles. The molecule has 0 rings (SSSR count). The maximum Gasteiger partial charge on any atom is 0.223 e. The number of thioether (sulfide) groups is 1. The molecule has 14 heavy (non-hydrogen) atoms. The summed E-state index contributed by atoms with van der Waals surface area (Å²) in [7, 11) is 0. The first-order valence-corrected chi connectivity index (χ1v) is 5.99. The normalized spacial score (nSPS) is 14.0. The molecule has 0 spiro atoms. The van der Waals surface area contributed by atoms with Gasteiger partial charge in [-0.1, -0.05) is 6.92 Å². The van der Waals surface area contributed by atoms with Gasteiger partial charge in [-0.15, -0.1) is 12.4 Å². The Labute approximate surface area is 97.0 Å².